The SMILES string of the molecule is CSc1ccc(S(=O)(=O)N(CC(=O)N(Cc2ccc(F)cc2)C(C)C(=O)NC2CCCC2)c2ccc(C)cc2)cc1. The Labute approximate surface area is 246 Å². The number of hydrogen-bond donors (Lipinski definition) is 1. The Morgan fingerprint density at radius 1 is 0.976 bits per heavy atom. The van der Waals surface area contributed by atoms with Gasteiger partial charge in [-0.3, -0.25) is 13.9 Å². The van der Waals surface area contributed by atoms with Crippen molar-refractivity contribution in [3.8, 4) is 0 Å². The molecule has 1 unspecified atom stereocenters. The van der Waals surface area contributed by atoms with Gasteiger partial charge in [-0.05, 0) is 87.0 Å². The number of sulfonamides is 1. The highest BCUT2D eigenvalue weighted by molar-refractivity contribution is 7.98. The Balaban J connectivity index is 1.67. The summed E-state index contributed by atoms with van der Waals surface area (Å²) in [6.45, 7) is 3.03. The minimum atomic E-state index is -4.14. The summed E-state index contributed by atoms with van der Waals surface area (Å²) in [6, 6.07) is 18.3. The van der Waals surface area contributed by atoms with E-state index in [9.17, 15) is 22.4 Å². The number of thioether (sulfide) groups is 1. The van der Waals surface area contributed by atoms with Gasteiger partial charge in [0.25, 0.3) is 10.0 Å². The number of nitrogens with one attached hydrogen (secondary N) is 1. The Morgan fingerprint density at radius 2 is 1.59 bits per heavy atom. The van der Waals surface area contributed by atoms with Crippen LogP contribution in [0.4, 0.5) is 10.1 Å². The normalized spacial score (nSPS) is 14.4. The predicted molar refractivity (Wildman–Crippen MR) is 161 cm³/mol. The molecule has 0 saturated heterocycles. The van der Waals surface area contributed by atoms with E-state index >= 15 is 0 Å². The number of halogens is 1. The van der Waals surface area contributed by atoms with Gasteiger partial charge in [-0.1, -0.05) is 42.7 Å². The quantitative estimate of drug-likeness (QED) is 0.294. The van der Waals surface area contributed by atoms with Gasteiger partial charge in [-0.15, -0.1) is 11.8 Å². The molecule has 1 atom stereocenters. The number of carbonyl (C=O) groups is 2. The number of nitrogens with zero attached hydrogens (tertiary/aromatic N) is 2. The maximum absolute atomic E-state index is 14.0. The average molecular weight is 598 g/mol. The second-order valence-electron chi connectivity index (χ2n) is 10.3. The summed E-state index contributed by atoms with van der Waals surface area (Å²) in [4.78, 5) is 29.6. The second-order valence-corrected chi connectivity index (χ2v) is 13.1. The van der Waals surface area contributed by atoms with Crippen LogP contribution in [0.1, 0.15) is 43.7 Å². The molecule has 1 aliphatic carbocycles. The van der Waals surface area contributed by atoms with Crippen LogP contribution in [0, 0.1) is 12.7 Å². The fraction of sp³-hybridized carbons (Fsp3) is 0.355. The molecule has 0 aliphatic heterocycles. The molecule has 0 spiro atoms. The van der Waals surface area contributed by atoms with E-state index < -0.39 is 34.3 Å². The molecule has 0 aromatic heterocycles. The third-order valence-corrected chi connectivity index (χ3v) is 9.91. The van der Waals surface area contributed by atoms with Crippen molar-refractivity contribution in [3.05, 3.63) is 89.7 Å². The van der Waals surface area contributed by atoms with Crippen LogP contribution in [-0.2, 0) is 26.2 Å². The molecular weight excluding hydrogens is 561 g/mol. The predicted octanol–water partition coefficient (Wildman–Crippen LogP) is 5.53. The van der Waals surface area contributed by atoms with E-state index in [0.29, 0.717) is 11.3 Å². The van der Waals surface area contributed by atoms with E-state index in [1.807, 2.05) is 13.2 Å². The average Bonchev–Trinajstić information content (AvgIpc) is 3.48. The lowest BCUT2D eigenvalue weighted by Crippen LogP contribution is -2.52. The van der Waals surface area contributed by atoms with Crippen LogP contribution in [0.3, 0.4) is 0 Å². The first-order chi connectivity index (χ1) is 19.6. The summed E-state index contributed by atoms with van der Waals surface area (Å²) in [5.74, 6) is -1.26. The topological polar surface area (TPSA) is 86.8 Å². The van der Waals surface area contributed by atoms with E-state index in [-0.39, 0.29) is 23.4 Å². The van der Waals surface area contributed by atoms with Gasteiger partial charge in [0.05, 0.1) is 10.6 Å². The lowest BCUT2D eigenvalue weighted by molar-refractivity contribution is -0.139. The summed E-state index contributed by atoms with van der Waals surface area (Å²) in [7, 11) is -4.14. The number of rotatable bonds is 11. The highest BCUT2D eigenvalue weighted by Gasteiger charge is 2.33. The fourth-order valence-corrected chi connectivity index (χ4v) is 6.70. The van der Waals surface area contributed by atoms with Crippen molar-refractivity contribution in [2.45, 2.75) is 68.0 Å². The Kier molecular flexibility index (Phi) is 10.1. The molecule has 7 nitrogen and oxygen atoms in total. The molecule has 218 valence electrons. The fourth-order valence-electron chi connectivity index (χ4n) is 4.88. The summed E-state index contributed by atoms with van der Waals surface area (Å²) >= 11 is 1.50. The molecule has 1 saturated carbocycles. The number of amides is 2. The van der Waals surface area contributed by atoms with Gasteiger partial charge >= 0.3 is 0 Å². The van der Waals surface area contributed by atoms with Crippen LogP contribution < -0.4 is 9.62 Å². The van der Waals surface area contributed by atoms with Crippen molar-refractivity contribution < 1.29 is 22.4 Å². The smallest absolute Gasteiger partial charge is 0.264 e. The first-order valence-corrected chi connectivity index (χ1v) is 16.3. The lowest BCUT2D eigenvalue weighted by atomic mass is 10.1. The van der Waals surface area contributed by atoms with E-state index in [1.54, 1.807) is 55.5 Å². The maximum atomic E-state index is 14.0. The molecule has 10 heteroatoms. The molecule has 0 bridgehead atoms. The van der Waals surface area contributed by atoms with Crippen LogP contribution in [0.15, 0.2) is 82.6 Å². The van der Waals surface area contributed by atoms with Crippen molar-refractivity contribution in [2.75, 3.05) is 17.1 Å². The van der Waals surface area contributed by atoms with Crippen LogP contribution in [0.5, 0.6) is 0 Å². The number of hydrogen-bond acceptors (Lipinski definition) is 5. The maximum Gasteiger partial charge on any atom is 0.264 e. The molecule has 41 heavy (non-hydrogen) atoms. The largest absolute Gasteiger partial charge is 0.352 e. The van der Waals surface area contributed by atoms with Gasteiger partial charge < -0.3 is 10.2 Å². The summed E-state index contributed by atoms with van der Waals surface area (Å²) in [5.41, 5.74) is 1.90. The molecule has 1 fully saturated rings. The van der Waals surface area contributed by atoms with Crippen molar-refractivity contribution >= 4 is 39.3 Å². The van der Waals surface area contributed by atoms with Gasteiger partial charge in [0.1, 0.15) is 18.4 Å². The molecule has 0 heterocycles. The van der Waals surface area contributed by atoms with E-state index in [2.05, 4.69) is 5.32 Å². The highest BCUT2D eigenvalue weighted by atomic mass is 32.2. The van der Waals surface area contributed by atoms with Gasteiger partial charge in [0.15, 0.2) is 0 Å². The molecule has 3 aromatic rings. The monoisotopic (exact) mass is 597 g/mol. The number of aryl methyl sites for hydroxylation is 1. The molecule has 0 radical (unpaired) electrons. The van der Waals surface area contributed by atoms with Gasteiger partial charge in [0, 0.05) is 17.5 Å². The van der Waals surface area contributed by atoms with E-state index in [0.717, 1.165) is 40.4 Å². The first kappa shape index (κ1) is 30.6. The van der Waals surface area contributed by atoms with Crippen LogP contribution in [-0.4, -0.2) is 50.0 Å². The Bertz CT molecular complexity index is 1440. The zero-order chi connectivity index (χ0) is 29.6. The van der Waals surface area contributed by atoms with Gasteiger partial charge in [-0.25, -0.2) is 12.8 Å². The molecule has 1 N–H and O–H groups in total. The molecule has 3 aromatic carbocycles. The van der Waals surface area contributed by atoms with Crippen molar-refractivity contribution in [1.82, 2.24) is 10.2 Å². The van der Waals surface area contributed by atoms with Crippen LogP contribution in [0.2, 0.25) is 0 Å². The van der Waals surface area contributed by atoms with Crippen molar-refractivity contribution in [1.29, 1.82) is 0 Å². The van der Waals surface area contributed by atoms with Crippen molar-refractivity contribution in [3.63, 3.8) is 0 Å². The second kappa shape index (κ2) is 13.5. The molecule has 2 amide bonds. The first-order valence-electron chi connectivity index (χ1n) is 13.7. The van der Waals surface area contributed by atoms with E-state index in [4.69, 9.17) is 0 Å². The number of carbonyl (C=O) groups excluding carboxylic acids is 2. The third-order valence-electron chi connectivity index (χ3n) is 7.38. The standard InChI is InChI=1S/C31H36FN3O4S2/c1-22-8-14-27(15-9-22)35(41(38,39)29-18-16-28(40-3)17-19-29)21-30(36)34(20-24-10-12-25(32)13-11-24)23(2)31(37)33-26-6-4-5-7-26/h8-19,23,26H,4-7,20-21H2,1-3H3,(H,33,37). The zero-order valence-electron chi connectivity index (χ0n) is 23.5. The molecule has 1 aliphatic rings. The summed E-state index contributed by atoms with van der Waals surface area (Å²) < 4.78 is 42.6. The Morgan fingerprint density at radius 3 is 2.17 bits per heavy atom. The third kappa shape index (κ3) is 7.68. The molecular formula is C31H36FN3O4S2. The minimum absolute atomic E-state index is 0.0164. The van der Waals surface area contributed by atoms with E-state index in [1.165, 1.54) is 40.9 Å². The molecule has 4 rings (SSSR count). The summed E-state index contributed by atoms with van der Waals surface area (Å²) in [6.07, 6.45) is 5.76. The number of benzene rings is 3. The van der Waals surface area contributed by atoms with Crippen molar-refractivity contribution in [2.24, 2.45) is 0 Å². The zero-order valence-corrected chi connectivity index (χ0v) is 25.2. The van der Waals surface area contributed by atoms with Crippen LogP contribution in [0.25, 0.3) is 0 Å². The van der Waals surface area contributed by atoms with Gasteiger partial charge in [-0.2, -0.15) is 0 Å². The summed E-state index contributed by atoms with van der Waals surface area (Å²) in [5, 5.41) is 3.04. The highest BCUT2D eigenvalue weighted by Crippen LogP contribution is 2.27. The Hall–Kier alpha value is -3.37. The minimum Gasteiger partial charge on any atom is -0.352 e. The van der Waals surface area contributed by atoms with Crippen LogP contribution >= 0.6 is 11.8 Å². The van der Waals surface area contributed by atoms with Gasteiger partial charge in [0.2, 0.25) is 11.8 Å². The number of anilines is 1. The lowest BCUT2D eigenvalue weighted by Gasteiger charge is -2.32.